The third kappa shape index (κ3) is 2.50. The van der Waals surface area contributed by atoms with Gasteiger partial charge in [0.25, 0.3) is 11.8 Å². The lowest BCUT2D eigenvalue weighted by atomic mass is 10.2. The Hall–Kier alpha value is -2.34. The number of nitrogens with one attached hydrogen (secondary N) is 2. The first-order valence-electron chi connectivity index (χ1n) is 6.48. The summed E-state index contributed by atoms with van der Waals surface area (Å²) in [5.74, 6) is -0.725. The number of hydrogen-bond acceptors (Lipinski definition) is 3. The molecule has 6 nitrogen and oxygen atoms in total. The van der Waals surface area contributed by atoms with Crippen LogP contribution in [-0.4, -0.2) is 27.9 Å². The molecule has 0 bridgehead atoms. The highest BCUT2D eigenvalue weighted by molar-refractivity contribution is 6.31. The summed E-state index contributed by atoms with van der Waals surface area (Å²) in [5, 5.41) is 5.95. The lowest BCUT2D eigenvalue weighted by Gasteiger charge is -2.22. The van der Waals surface area contributed by atoms with Crippen LogP contribution in [0.2, 0.25) is 5.02 Å². The molecule has 2 aromatic rings. The fraction of sp³-hybridized carbons (Fsp3) is 0.214. The molecule has 1 aliphatic heterocycles. The topological polar surface area (TPSA) is 76.0 Å². The molecule has 0 spiro atoms. The minimum Gasteiger partial charge on any atom is -0.349 e. The van der Waals surface area contributed by atoms with Crippen LogP contribution in [0.15, 0.2) is 30.6 Å². The summed E-state index contributed by atoms with van der Waals surface area (Å²) < 4.78 is 1.71. The Balaban J connectivity index is 1.91. The predicted molar refractivity (Wildman–Crippen MR) is 78.7 cm³/mol. The summed E-state index contributed by atoms with van der Waals surface area (Å²) in [5.41, 5.74) is 0.950. The number of halogens is 1. The number of carbonyl (C=O) groups is 2. The van der Waals surface area contributed by atoms with Crippen molar-refractivity contribution >= 4 is 29.1 Å². The molecule has 0 saturated heterocycles. The van der Waals surface area contributed by atoms with E-state index in [2.05, 4.69) is 15.6 Å². The Morgan fingerprint density at radius 2 is 2.33 bits per heavy atom. The molecule has 3 rings (SSSR count). The second-order valence-corrected chi connectivity index (χ2v) is 5.31. The van der Waals surface area contributed by atoms with Crippen LogP contribution >= 0.6 is 11.6 Å². The van der Waals surface area contributed by atoms with Crippen LogP contribution < -0.4 is 10.6 Å². The monoisotopic (exact) mass is 304 g/mol. The zero-order valence-electron chi connectivity index (χ0n) is 11.3. The first-order chi connectivity index (χ1) is 10.1. The van der Waals surface area contributed by atoms with Gasteiger partial charge < -0.3 is 15.2 Å². The van der Waals surface area contributed by atoms with Crippen LogP contribution in [0, 0.1) is 0 Å². The minimum absolute atomic E-state index is 0.0675. The van der Waals surface area contributed by atoms with Gasteiger partial charge in [-0.3, -0.25) is 9.59 Å². The van der Waals surface area contributed by atoms with Gasteiger partial charge in [0.15, 0.2) is 5.69 Å². The quantitative estimate of drug-likeness (QED) is 0.892. The van der Waals surface area contributed by atoms with E-state index in [4.69, 9.17) is 11.6 Å². The Bertz CT molecular complexity index is 726. The Morgan fingerprint density at radius 1 is 1.52 bits per heavy atom. The van der Waals surface area contributed by atoms with Crippen molar-refractivity contribution in [3.8, 4) is 0 Å². The summed E-state index contributed by atoms with van der Waals surface area (Å²) in [6.45, 7) is 2.47. The number of anilines is 1. The van der Waals surface area contributed by atoms with Gasteiger partial charge in [-0.25, -0.2) is 4.98 Å². The number of rotatable bonds is 2. The average molecular weight is 305 g/mol. The maximum Gasteiger partial charge on any atom is 0.276 e. The van der Waals surface area contributed by atoms with Crippen molar-refractivity contribution in [2.45, 2.75) is 13.0 Å². The van der Waals surface area contributed by atoms with Gasteiger partial charge in [-0.2, -0.15) is 0 Å². The smallest absolute Gasteiger partial charge is 0.276 e. The van der Waals surface area contributed by atoms with Crippen LogP contribution in [0.1, 0.15) is 33.9 Å². The van der Waals surface area contributed by atoms with Gasteiger partial charge in [0.1, 0.15) is 5.69 Å². The van der Waals surface area contributed by atoms with Gasteiger partial charge in [-0.05, 0) is 25.1 Å². The first-order valence-corrected chi connectivity index (χ1v) is 6.86. The maximum atomic E-state index is 12.3. The lowest BCUT2D eigenvalue weighted by Crippen LogP contribution is -2.38. The van der Waals surface area contributed by atoms with Gasteiger partial charge in [-0.1, -0.05) is 17.7 Å². The molecule has 0 radical (unpaired) electrons. The molecule has 0 aliphatic carbocycles. The largest absolute Gasteiger partial charge is 0.349 e. The molecule has 1 aliphatic rings. The predicted octanol–water partition coefficient (Wildman–Crippen LogP) is 2.09. The molecule has 1 aromatic carbocycles. The number of fused-ring (bicyclic) bond motifs is 1. The average Bonchev–Trinajstić information content (AvgIpc) is 2.89. The SMILES string of the molecule is C[C@H]1CNC(=O)c2c(C(=O)Nc3cccc(Cl)c3)ncn21. The zero-order valence-corrected chi connectivity index (χ0v) is 12.0. The molecule has 108 valence electrons. The van der Waals surface area contributed by atoms with Crippen molar-refractivity contribution in [2.75, 3.05) is 11.9 Å². The zero-order chi connectivity index (χ0) is 15.0. The van der Waals surface area contributed by atoms with E-state index in [0.29, 0.717) is 17.3 Å². The standard InChI is InChI=1S/C14H13ClN4O2/c1-8-6-16-14(21)12-11(17-7-19(8)12)13(20)18-10-4-2-3-9(15)5-10/h2-5,7-8H,6H2,1H3,(H,16,21)(H,18,20)/t8-/m0/s1. The van der Waals surface area contributed by atoms with E-state index in [1.807, 2.05) is 6.92 Å². The van der Waals surface area contributed by atoms with Crippen molar-refractivity contribution in [2.24, 2.45) is 0 Å². The summed E-state index contributed by atoms with van der Waals surface area (Å²) in [7, 11) is 0. The van der Waals surface area contributed by atoms with Crippen LogP contribution in [0.5, 0.6) is 0 Å². The molecule has 2 N–H and O–H groups in total. The second kappa shape index (κ2) is 5.21. The summed E-state index contributed by atoms with van der Waals surface area (Å²) in [6.07, 6.45) is 1.52. The Labute approximate surface area is 126 Å². The first kappa shape index (κ1) is 13.6. The molecule has 0 unspecified atom stereocenters. The number of benzene rings is 1. The van der Waals surface area contributed by atoms with E-state index in [0.717, 1.165) is 0 Å². The highest BCUT2D eigenvalue weighted by atomic mass is 35.5. The van der Waals surface area contributed by atoms with Crippen LogP contribution in [0.25, 0.3) is 0 Å². The number of imidazole rings is 1. The number of aromatic nitrogens is 2. The molecule has 1 atom stereocenters. The van der Waals surface area contributed by atoms with Gasteiger partial charge in [0.2, 0.25) is 0 Å². The Morgan fingerprint density at radius 3 is 3.10 bits per heavy atom. The molecule has 1 aromatic heterocycles. The molecular weight excluding hydrogens is 292 g/mol. The van der Waals surface area contributed by atoms with Gasteiger partial charge in [0.05, 0.1) is 6.33 Å². The van der Waals surface area contributed by atoms with E-state index < -0.39 is 5.91 Å². The molecule has 0 fully saturated rings. The van der Waals surface area contributed by atoms with Crippen molar-refractivity contribution in [1.82, 2.24) is 14.9 Å². The maximum absolute atomic E-state index is 12.3. The van der Waals surface area contributed by atoms with E-state index in [-0.39, 0.29) is 23.3 Å². The van der Waals surface area contributed by atoms with E-state index in [9.17, 15) is 9.59 Å². The lowest BCUT2D eigenvalue weighted by molar-refractivity contribution is 0.0906. The molecule has 2 amide bonds. The fourth-order valence-electron chi connectivity index (χ4n) is 2.27. The Kier molecular flexibility index (Phi) is 3.39. The summed E-state index contributed by atoms with van der Waals surface area (Å²) in [6, 6.07) is 6.86. The highest BCUT2D eigenvalue weighted by Crippen LogP contribution is 2.20. The molecule has 0 saturated carbocycles. The van der Waals surface area contributed by atoms with Crippen LogP contribution in [0.3, 0.4) is 0 Å². The minimum atomic E-state index is -0.435. The molecule has 2 heterocycles. The third-order valence-corrected chi connectivity index (χ3v) is 3.57. The van der Waals surface area contributed by atoms with E-state index in [1.165, 1.54) is 6.33 Å². The van der Waals surface area contributed by atoms with Gasteiger partial charge >= 0.3 is 0 Å². The van der Waals surface area contributed by atoms with Crippen LogP contribution in [0.4, 0.5) is 5.69 Å². The van der Waals surface area contributed by atoms with Gasteiger partial charge in [-0.15, -0.1) is 0 Å². The normalized spacial score (nSPS) is 17.0. The highest BCUT2D eigenvalue weighted by Gasteiger charge is 2.29. The molecular formula is C14H13ClN4O2. The van der Waals surface area contributed by atoms with Crippen molar-refractivity contribution in [1.29, 1.82) is 0 Å². The number of carbonyl (C=O) groups excluding carboxylic acids is 2. The molecule has 7 heteroatoms. The van der Waals surface area contributed by atoms with Crippen LogP contribution in [-0.2, 0) is 0 Å². The van der Waals surface area contributed by atoms with Crippen molar-refractivity contribution < 1.29 is 9.59 Å². The fourth-order valence-corrected chi connectivity index (χ4v) is 2.46. The van der Waals surface area contributed by atoms with E-state index >= 15 is 0 Å². The van der Waals surface area contributed by atoms with Crippen molar-refractivity contribution in [3.05, 3.63) is 47.0 Å². The second-order valence-electron chi connectivity index (χ2n) is 4.87. The van der Waals surface area contributed by atoms with E-state index in [1.54, 1.807) is 28.8 Å². The summed E-state index contributed by atoms with van der Waals surface area (Å²) >= 11 is 5.88. The van der Waals surface area contributed by atoms with Crippen molar-refractivity contribution in [3.63, 3.8) is 0 Å². The summed E-state index contributed by atoms with van der Waals surface area (Å²) in [4.78, 5) is 28.3. The number of hydrogen-bond donors (Lipinski definition) is 2. The third-order valence-electron chi connectivity index (χ3n) is 3.34. The number of nitrogens with zero attached hydrogens (tertiary/aromatic N) is 2. The van der Waals surface area contributed by atoms with Gasteiger partial charge in [0, 0.05) is 23.3 Å². The number of amides is 2. The molecule has 21 heavy (non-hydrogen) atoms.